The van der Waals surface area contributed by atoms with Gasteiger partial charge in [0.05, 0.1) is 11.3 Å². The summed E-state index contributed by atoms with van der Waals surface area (Å²) < 4.78 is 1.05. The highest BCUT2D eigenvalue weighted by molar-refractivity contribution is 14.1. The molecule has 0 atom stereocenters. The average molecular weight is 429 g/mol. The summed E-state index contributed by atoms with van der Waals surface area (Å²) in [6.07, 6.45) is 1.77. The van der Waals surface area contributed by atoms with Gasteiger partial charge in [0.25, 0.3) is 0 Å². The van der Waals surface area contributed by atoms with E-state index in [0.29, 0.717) is 22.4 Å². The van der Waals surface area contributed by atoms with Crippen molar-refractivity contribution in [3.63, 3.8) is 0 Å². The Morgan fingerprint density at radius 2 is 1.62 bits per heavy atom. The minimum Gasteiger partial charge on any atom is -0.352 e. The first-order valence-electron chi connectivity index (χ1n) is 7.57. The molecule has 2 aromatic rings. The smallest absolute Gasteiger partial charge is 0.210 e. The Morgan fingerprint density at radius 3 is 2.25 bits per heavy atom. The minimum absolute atomic E-state index is 0.125. The van der Waals surface area contributed by atoms with E-state index in [0.717, 1.165) is 14.8 Å². The number of hydrogen-bond acceptors (Lipinski definition) is 3. The third kappa shape index (κ3) is 3.19. The van der Waals surface area contributed by atoms with Crippen molar-refractivity contribution in [3.05, 3.63) is 86.1 Å². The lowest BCUT2D eigenvalue weighted by molar-refractivity contribution is 0.0978. The van der Waals surface area contributed by atoms with E-state index >= 15 is 0 Å². The van der Waals surface area contributed by atoms with Gasteiger partial charge < -0.3 is 5.32 Å². The van der Waals surface area contributed by atoms with Gasteiger partial charge in [0.2, 0.25) is 5.78 Å². The Hall–Kier alpha value is -2.21. The predicted molar refractivity (Wildman–Crippen MR) is 104 cm³/mol. The Labute approximate surface area is 154 Å². The van der Waals surface area contributed by atoms with Crippen LogP contribution in [0, 0.1) is 3.57 Å². The van der Waals surface area contributed by atoms with Crippen LogP contribution in [-0.4, -0.2) is 11.6 Å². The molecule has 120 valence electrons. The van der Waals surface area contributed by atoms with Crippen LogP contribution >= 0.6 is 22.6 Å². The van der Waals surface area contributed by atoms with Crippen LogP contribution in [0.25, 0.3) is 0 Å². The van der Waals surface area contributed by atoms with E-state index in [9.17, 15) is 9.59 Å². The molecular weight excluding hydrogens is 413 g/mol. The molecule has 0 bridgehead atoms. The number of allylic oxidation sites excluding steroid dienone is 4. The van der Waals surface area contributed by atoms with Crippen molar-refractivity contribution in [1.29, 1.82) is 0 Å². The summed E-state index contributed by atoms with van der Waals surface area (Å²) in [7, 11) is 0. The second-order valence-corrected chi connectivity index (χ2v) is 7.10. The van der Waals surface area contributed by atoms with Crippen LogP contribution in [0.5, 0.6) is 0 Å². The fraction of sp³-hybridized carbons (Fsp3) is 0.100. The topological polar surface area (TPSA) is 46.2 Å². The summed E-state index contributed by atoms with van der Waals surface area (Å²) in [5.74, 6) is -0.281. The zero-order valence-corrected chi connectivity index (χ0v) is 15.5. The highest BCUT2D eigenvalue weighted by Crippen LogP contribution is 2.29. The molecule has 0 aliphatic heterocycles. The van der Waals surface area contributed by atoms with Crippen LogP contribution in [0.15, 0.2) is 71.5 Å². The molecule has 0 amide bonds. The molecule has 3 nitrogen and oxygen atoms in total. The van der Waals surface area contributed by atoms with Crippen molar-refractivity contribution in [2.24, 2.45) is 0 Å². The summed E-state index contributed by atoms with van der Waals surface area (Å²) in [4.78, 5) is 25.8. The molecule has 0 unspecified atom stereocenters. The van der Waals surface area contributed by atoms with Gasteiger partial charge in [-0.1, -0.05) is 42.0 Å². The highest BCUT2D eigenvalue weighted by Gasteiger charge is 2.31. The van der Waals surface area contributed by atoms with Gasteiger partial charge in [0.1, 0.15) is 0 Å². The van der Waals surface area contributed by atoms with Crippen molar-refractivity contribution in [3.8, 4) is 0 Å². The van der Waals surface area contributed by atoms with E-state index in [1.54, 1.807) is 30.3 Å². The summed E-state index contributed by atoms with van der Waals surface area (Å²) in [5.41, 5.74) is 3.41. The minimum atomic E-state index is -0.156. The lowest BCUT2D eigenvalue weighted by Crippen LogP contribution is -2.25. The first-order valence-corrected chi connectivity index (χ1v) is 8.65. The normalized spacial score (nSPS) is 13.6. The van der Waals surface area contributed by atoms with Gasteiger partial charge in [-0.2, -0.15) is 0 Å². The van der Waals surface area contributed by atoms with E-state index in [1.165, 1.54) is 0 Å². The fourth-order valence-electron chi connectivity index (χ4n) is 2.66. The Morgan fingerprint density at radius 1 is 0.958 bits per heavy atom. The van der Waals surface area contributed by atoms with Crippen LogP contribution in [0.1, 0.15) is 34.6 Å². The molecule has 0 heterocycles. The van der Waals surface area contributed by atoms with Crippen LogP contribution in [0.2, 0.25) is 0 Å². The Kier molecular flexibility index (Phi) is 4.66. The van der Waals surface area contributed by atoms with Gasteiger partial charge in [-0.25, -0.2) is 0 Å². The first kappa shape index (κ1) is 16.6. The number of halogens is 1. The number of ketones is 2. The molecule has 4 heteroatoms. The van der Waals surface area contributed by atoms with Gasteiger partial charge in [-0.05, 0) is 54.6 Å². The molecule has 2 aromatic carbocycles. The number of fused-ring (bicyclic) bond motifs is 1. The number of hydrogen-bond donors (Lipinski definition) is 1. The molecule has 24 heavy (non-hydrogen) atoms. The Bertz CT molecular complexity index is 905. The fourth-order valence-corrected chi connectivity index (χ4v) is 3.20. The van der Waals surface area contributed by atoms with Crippen molar-refractivity contribution >= 4 is 39.8 Å². The van der Waals surface area contributed by atoms with Gasteiger partial charge in [0, 0.05) is 20.4 Å². The molecule has 0 aromatic heterocycles. The quantitative estimate of drug-likeness (QED) is 0.699. The molecule has 1 aliphatic rings. The van der Waals surface area contributed by atoms with E-state index in [2.05, 4.69) is 27.9 Å². The molecule has 0 spiro atoms. The lowest BCUT2D eigenvalue weighted by Gasteiger charge is -2.21. The maximum absolute atomic E-state index is 12.9. The number of anilines is 1. The zero-order chi connectivity index (χ0) is 17.3. The third-order valence-corrected chi connectivity index (χ3v) is 4.36. The van der Waals surface area contributed by atoms with Crippen LogP contribution in [0.3, 0.4) is 0 Å². The SMILES string of the molecule is CC(C)=CC1=C(Nc2cccc(I)c2)C(=O)c2ccccc2C1=O. The molecule has 0 saturated carbocycles. The maximum atomic E-state index is 12.9. The monoisotopic (exact) mass is 429 g/mol. The van der Waals surface area contributed by atoms with Crippen LogP contribution < -0.4 is 5.32 Å². The molecule has 0 fully saturated rings. The average Bonchev–Trinajstić information content (AvgIpc) is 2.55. The number of Topliss-reactive ketones (excluding diaryl/α,β-unsaturated/α-hetero) is 2. The van der Waals surface area contributed by atoms with E-state index in [-0.39, 0.29) is 11.6 Å². The standard InChI is InChI=1S/C20H16INO2/c1-12(2)10-17-18(22-14-7-5-6-13(21)11-14)20(24)16-9-4-3-8-15(16)19(17)23/h3-11,22H,1-2H3. The number of benzene rings is 2. The van der Waals surface area contributed by atoms with Crippen molar-refractivity contribution in [2.45, 2.75) is 13.8 Å². The summed E-state index contributed by atoms with van der Waals surface area (Å²) in [6.45, 7) is 3.82. The first-order chi connectivity index (χ1) is 11.5. The number of carbonyl (C=O) groups is 2. The van der Waals surface area contributed by atoms with E-state index < -0.39 is 0 Å². The predicted octanol–water partition coefficient (Wildman–Crippen LogP) is 5.00. The summed E-state index contributed by atoms with van der Waals surface area (Å²) in [6, 6.07) is 14.7. The second kappa shape index (κ2) is 6.73. The van der Waals surface area contributed by atoms with Gasteiger partial charge in [-0.15, -0.1) is 0 Å². The molecular formula is C20H16INO2. The highest BCUT2D eigenvalue weighted by atomic mass is 127. The van der Waals surface area contributed by atoms with E-state index in [4.69, 9.17) is 0 Å². The summed E-state index contributed by atoms with van der Waals surface area (Å²) >= 11 is 2.21. The van der Waals surface area contributed by atoms with Crippen molar-refractivity contribution < 1.29 is 9.59 Å². The van der Waals surface area contributed by atoms with Crippen molar-refractivity contribution in [1.82, 2.24) is 0 Å². The molecule has 1 N–H and O–H groups in total. The number of carbonyl (C=O) groups excluding carboxylic acids is 2. The van der Waals surface area contributed by atoms with Crippen molar-refractivity contribution in [2.75, 3.05) is 5.32 Å². The lowest BCUT2D eigenvalue weighted by atomic mass is 9.86. The molecule has 0 saturated heterocycles. The van der Waals surface area contributed by atoms with Crippen LogP contribution in [-0.2, 0) is 0 Å². The summed E-state index contributed by atoms with van der Waals surface area (Å²) in [5, 5.41) is 3.16. The van der Waals surface area contributed by atoms with Crippen LogP contribution in [0.4, 0.5) is 5.69 Å². The number of nitrogens with one attached hydrogen (secondary N) is 1. The van der Waals surface area contributed by atoms with E-state index in [1.807, 2.05) is 38.1 Å². The zero-order valence-electron chi connectivity index (χ0n) is 13.4. The second-order valence-electron chi connectivity index (χ2n) is 5.85. The maximum Gasteiger partial charge on any atom is 0.210 e. The molecule has 0 radical (unpaired) electrons. The Balaban J connectivity index is 2.15. The van der Waals surface area contributed by atoms with Gasteiger partial charge in [0.15, 0.2) is 5.78 Å². The number of rotatable bonds is 3. The van der Waals surface area contributed by atoms with Gasteiger partial charge >= 0.3 is 0 Å². The largest absolute Gasteiger partial charge is 0.352 e. The van der Waals surface area contributed by atoms with Gasteiger partial charge in [-0.3, -0.25) is 9.59 Å². The molecule has 1 aliphatic carbocycles. The molecule has 3 rings (SSSR count). The third-order valence-electron chi connectivity index (χ3n) is 3.68.